The van der Waals surface area contributed by atoms with Crippen LogP contribution >= 0.6 is 0 Å². The van der Waals surface area contributed by atoms with E-state index in [4.69, 9.17) is 10.7 Å². The van der Waals surface area contributed by atoms with E-state index in [0.717, 1.165) is 38.8 Å². The van der Waals surface area contributed by atoms with E-state index in [1.165, 1.54) is 0 Å². The van der Waals surface area contributed by atoms with Gasteiger partial charge in [-0.15, -0.1) is 0 Å². The van der Waals surface area contributed by atoms with Crippen molar-refractivity contribution in [1.82, 2.24) is 10.2 Å². The van der Waals surface area contributed by atoms with E-state index in [-0.39, 0.29) is 12.1 Å². The number of piperidine rings is 1. The molecule has 1 saturated carbocycles. The molecule has 1 aliphatic heterocycles. The number of nitrogens with one attached hydrogen (secondary N) is 1. The molecule has 5 nitrogen and oxygen atoms in total. The zero-order chi connectivity index (χ0) is 9.97. The Bertz CT molecular complexity index is 210. The first-order valence-corrected chi connectivity index (χ1v) is 5.20. The van der Waals surface area contributed by atoms with E-state index in [9.17, 15) is 4.79 Å². The van der Waals surface area contributed by atoms with Gasteiger partial charge >= 0.3 is 6.03 Å². The summed E-state index contributed by atoms with van der Waals surface area (Å²) in [7, 11) is 0. The van der Waals surface area contributed by atoms with Gasteiger partial charge in [0.05, 0.1) is 6.10 Å². The summed E-state index contributed by atoms with van der Waals surface area (Å²) in [5.74, 6) is 5.10. The van der Waals surface area contributed by atoms with E-state index in [1.54, 1.807) is 0 Å². The second-order valence-electron chi connectivity index (χ2n) is 4.05. The van der Waals surface area contributed by atoms with Crippen molar-refractivity contribution in [2.24, 2.45) is 5.90 Å². The summed E-state index contributed by atoms with van der Waals surface area (Å²) in [5.41, 5.74) is 0. The average Bonchev–Trinajstić information content (AvgIpc) is 3.02. The number of likely N-dealkylation sites (tertiary alicyclic amines) is 1. The van der Waals surface area contributed by atoms with E-state index in [2.05, 4.69) is 5.32 Å². The van der Waals surface area contributed by atoms with Crippen molar-refractivity contribution in [3.05, 3.63) is 0 Å². The first-order chi connectivity index (χ1) is 6.79. The maximum atomic E-state index is 11.6. The third-order valence-corrected chi connectivity index (χ3v) is 2.83. The van der Waals surface area contributed by atoms with E-state index in [1.807, 2.05) is 4.90 Å². The maximum absolute atomic E-state index is 11.6. The summed E-state index contributed by atoms with van der Waals surface area (Å²) < 4.78 is 0. The normalized spacial score (nSPS) is 23.6. The van der Waals surface area contributed by atoms with Gasteiger partial charge in [0.2, 0.25) is 0 Å². The lowest BCUT2D eigenvalue weighted by Crippen LogP contribution is -2.46. The zero-order valence-corrected chi connectivity index (χ0v) is 8.24. The lowest BCUT2D eigenvalue weighted by atomic mass is 10.1. The lowest BCUT2D eigenvalue weighted by molar-refractivity contribution is 0.0140. The van der Waals surface area contributed by atoms with Gasteiger partial charge in [-0.1, -0.05) is 0 Å². The van der Waals surface area contributed by atoms with Gasteiger partial charge in [0.15, 0.2) is 0 Å². The molecule has 0 radical (unpaired) electrons. The fraction of sp³-hybridized carbons (Fsp3) is 0.889. The Morgan fingerprint density at radius 3 is 2.43 bits per heavy atom. The number of nitrogens with zero attached hydrogens (tertiary/aromatic N) is 1. The monoisotopic (exact) mass is 199 g/mol. The van der Waals surface area contributed by atoms with Gasteiger partial charge in [-0.3, -0.25) is 0 Å². The molecule has 0 aromatic carbocycles. The van der Waals surface area contributed by atoms with Crippen LogP contribution in [-0.2, 0) is 4.84 Å². The van der Waals surface area contributed by atoms with Crippen LogP contribution in [0.3, 0.4) is 0 Å². The molecule has 0 spiro atoms. The summed E-state index contributed by atoms with van der Waals surface area (Å²) >= 11 is 0. The molecule has 1 saturated heterocycles. The van der Waals surface area contributed by atoms with Gasteiger partial charge in [0.1, 0.15) is 0 Å². The Morgan fingerprint density at radius 2 is 1.93 bits per heavy atom. The molecular weight excluding hydrogens is 182 g/mol. The number of rotatable bonds is 2. The zero-order valence-electron chi connectivity index (χ0n) is 8.24. The highest BCUT2D eigenvalue weighted by Gasteiger charge is 2.28. The smallest absolute Gasteiger partial charge is 0.317 e. The molecule has 2 aliphatic rings. The summed E-state index contributed by atoms with van der Waals surface area (Å²) in [6.45, 7) is 1.50. The predicted molar refractivity (Wildman–Crippen MR) is 51.4 cm³/mol. The third-order valence-electron chi connectivity index (χ3n) is 2.83. The first-order valence-electron chi connectivity index (χ1n) is 5.20. The van der Waals surface area contributed by atoms with E-state index in [0.29, 0.717) is 6.04 Å². The summed E-state index contributed by atoms with van der Waals surface area (Å²) in [6.07, 6.45) is 4.07. The van der Waals surface area contributed by atoms with Crippen LogP contribution < -0.4 is 11.2 Å². The molecule has 80 valence electrons. The highest BCUT2D eigenvalue weighted by Crippen LogP contribution is 2.20. The first kappa shape index (κ1) is 9.73. The highest BCUT2D eigenvalue weighted by molar-refractivity contribution is 5.74. The summed E-state index contributed by atoms with van der Waals surface area (Å²) in [5, 5.41) is 2.97. The third kappa shape index (κ3) is 2.36. The average molecular weight is 199 g/mol. The molecule has 2 fully saturated rings. The molecule has 14 heavy (non-hydrogen) atoms. The number of hydrogen-bond acceptors (Lipinski definition) is 3. The Hall–Kier alpha value is -0.810. The largest absolute Gasteiger partial charge is 0.335 e. The molecule has 2 rings (SSSR count). The van der Waals surface area contributed by atoms with Crippen molar-refractivity contribution < 1.29 is 9.63 Å². The minimum Gasteiger partial charge on any atom is -0.335 e. The predicted octanol–water partition coefficient (Wildman–Crippen LogP) is 0.213. The number of amides is 2. The number of carbonyl (C=O) groups is 1. The summed E-state index contributed by atoms with van der Waals surface area (Å²) in [6, 6.07) is 0.508. The topological polar surface area (TPSA) is 67.6 Å². The fourth-order valence-corrected chi connectivity index (χ4v) is 1.69. The standard InChI is InChI=1S/C9H17N3O2/c10-14-8-3-5-12(6-4-8)9(13)11-7-1-2-7/h7-8H,1-6,10H2,(H,11,13). The number of urea groups is 1. The van der Waals surface area contributed by atoms with Crippen LogP contribution in [0, 0.1) is 0 Å². The van der Waals surface area contributed by atoms with Crippen molar-refractivity contribution in [2.45, 2.75) is 37.8 Å². The molecule has 5 heteroatoms. The Labute approximate surface area is 83.5 Å². The molecule has 1 heterocycles. The molecule has 0 unspecified atom stereocenters. The van der Waals surface area contributed by atoms with Crippen LogP contribution in [0.2, 0.25) is 0 Å². The molecule has 0 bridgehead atoms. The Balaban J connectivity index is 1.73. The molecule has 0 atom stereocenters. The van der Waals surface area contributed by atoms with Crippen LogP contribution in [-0.4, -0.2) is 36.2 Å². The minimum absolute atomic E-state index is 0.0722. The van der Waals surface area contributed by atoms with Crippen molar-refractivity contribution in [3.8, 4) is 0 Å². The van der Waals surface area contributed by atoms with Crippen molar-refractivity contribution in [2.75, 3.05) is 13.1 Å². The van der Waals surface area contributed by atoms with Crippen LogP contribution in [0.5, 0.6) is 0 Å². The second kappa shape index (κ2) is 4.14. The SMILES string of the molecule is NOC1CCN(C(=O)NC2CC2)CC1. The van der Waals surface area contributed by atoms with Crippen LogP contribution in [0.4, 0.5) is 4.79 Å². The van der Waals surface area contributed by atoms with Gasteiger partial charge in [-0.2, -0.15) is 0 Å². The molecule has 0 aromatic rings. The van der Waals surface area contributed by atoms with Gasteiger partial charge in [0, 0.05) is 19.1 Å². The van der Waals surface area contributed by atoms with Gasteiger partial charge in [-0.25, -0.2) is 10.7 Å². The van der Waals surface area contributed by atoms with Gasteiger partial charge in [-0.05, 0) is 25.7 Å². The fourth-order valence-electron chi connectivity index (χ4n) is 1.69. The number of nitrogens with two attached hydrogens (primary N) is 1. The maximum Gasteiger partial charge on any atom is 0.317 e. The lowest BCUT2D eigenvalue weighted by Gasteiger charge is -2.30. The quantitative estimate of drug-likeness (QED) is 0.625. The highest BCUT2D eigenvalue weighted by atomic mass is 16.6. The molecule has 1 aliphatic carbocycles. The van der Waals surface area contributed by atoms with E-state index >= 15 is 0 Å². The Kier molecular flexibility index (Phi) is 2.88. The van der Waals surface area contributed by atoms with Crippen LogP contribution in [0.15, 0.2) is 0 Å². The summed E-state index contributed by atoms with van der Waals surface area (Å²) in [4.78, 5) is 18.2. The Morgan fingerprint density at radius 1 is 1.29 bits per heavy atom. The van der Waals surface area contributed by atoms with Crippen molar-refractivity contribution >= 4 is 6.03 Å². The van der Waals surface area contributed by atoms with Crippen molar-refractivity contribution in [3.63, 3.8) is 0 Å². The van der Waals surface area contributed by atoms with Crippen molar-refractivity contribution in [1.29, 1.82) is 0 Å². The minimum atomic E-state index is 0.0722. The molecular formula is C9H17N3O2. The van der Waals surface area contributed by atoms with Crippen LogP contribution in [0.1, 0.15) is 25.7 Å². The van der Waals surface area contributed by atoms with Gasteiger partial charge < -0.3 is 15.1 Å². The molecule has 2 amide bonds. The molecule has 0 aromatic heterocycles. The number of hydrogen-bond donors (Lipinski definition) is 2. The second-order valence-corrected chi connectivity index (χ2v) is 4.05. The number of carbonyl (C=O) groups excluding carboxylic acids is 1. The van der Waals surface area contributed by atoms with Crippen LogP contribution in [0.25, 0.3) is 0 Å². The van der Waals surface area contributed by atoms with Gasteiger partial charge in [0.25, 0.3) is 0 Å². The van der Waals surface area contributed by atoms with E-state index < -0.39 is 0 Å². The molecule has 3 N–H and O–H groups in total.